The molecule has 8 aromatic carbocycles. The van der Waals surface area contributed by atoms with Gasteiger partial charge < -0.3 is 9.47 Å². The van der Waals surface area contributed by atoms with Gasteiger partial charge in [-0.2, -0.15) is 0 Å². The van der Waals surface area contributed by atoms with Crippen molar-refractivity contribution in [3.8, 4) is 27.9 Å². The van der Waals surface area contributed by atoms with Crippen LogP contribution in [0.15, 0.2) is 194 Å². The minimum absolute atomic E-state index is 0.0844. The van der Waals surface area contributed by atoms with E-state index in [1.165, 1.54) is 0 Å². The van der Waals surface area contributed by atoms with Gasteiger partial charge in [-0.1, -0.05) is 139 Å². The molecule has 1 heterocycles. The first-order valence-corrected chi connectivity index (χ1v) is 16.1. The van der Waals surface area contributed by atoms with Crippen LogP contribution in [0.1, 0.15) is 5.48 Å². The van der Waals surface area contributed by atoms with Gasteiger partial charge in [-0.25, -0.2) is 0 Å². The van der Waals surface area contributed by atoms with E-state index in [1.54, 1.807) is 0 Å². The van der Waals surface area contributed by atoms with Crippen molar-refractivity contribution in [2.75, 3.05) is 4.90 Å². The molecule has 2 heteroatoms. The maximum atomic E-state index is 9.54. The topological polar surface area (TPSA) is 8.17 Å². The van der Waals surface area contributed by atoms with E-state index in [0.29, 0.717) is 5.56 Å². The molecule has 0 saturated carbocycles. The Morgan fingerprint density at radius 2 is 1.00 bits per heavy atom. The van der Waals surface area contributed by atoms with E-state index < -0.39 is 0 Å². The first kappa shape index (κ1) is 23.9. The molecule has 0 bridgehead atoms. The van der Waals surface area contributed by atoms with Gasteiger partial charge in [0.05, 0.1) is 22.2 Å². The number of fused-ring (bicyclic) bond motifs is 4. The molecular formula is C46H32N2. The zero-order chi connectivity index (χ0) is 35.3. The Bertz CT molecular complexity index is 2760. The summed E-state index contributed by atoms with van der Waals surface area (Å²) in [7, 11) is 0. The summed E-state index contributed by atoms with van der Waals surface area (Å²) < 4.78 is 40.1. The van der Waals surface area contributed by atoms with E-state index in [2.05, 4.69) is 77.4 Å². The molecular weight excluding hydrogens is 581 g/mol. The van der Waals surface area contributed by atoms with Gasteiger partial charge >= 0.3 is 0 Å². The molecule has 0 aliphatic heterocycles. The standard InChI is InChI=1S/C46H32N2/c1-3-17-35(18-4-1)47(37-31-29-34(30-32-37)39-24-13-16-33-15-7-8-21-38(33)39)43-26-11-9-22-40(43)41-25-14-28-45-46(41)42-23-10-12-27-44(42)48(45)36-19-5-2-6-20-36/h1-32H/i29D,30D,31D,32D. The van der Waals surface area contributed by atoms with Crippen molar-refractivity contribution >= 4 is 49.6 Å². The minimum atomic E-state index is -0.110. The molecule has 9 aromatic rings. The zero-order valence-corrected chi connectivity index (χ0v) is 26.1. The van der Waals surface area contributed by atoms with Crippen LogP contribution in [0, 0.1) is 0 Å². The van der Waals surface area contributed by atoms with E-state index in [0.717, 1.165) is 60.8 Å². The molecule has 0 fully saturated rings. The monoisotopic (exact) mass is 616 g/mol. The summed E-state index contributed by atoms with van der Waals surface area (Å²) in [6, 6.07) is 56.2. The highest BCUT2D eigenvalue weighted by molar-refractivity contribution is 6.17. The van der Waals surface area contributed by atoms with Gasteiger partial charge in [0.25, 0.3) is 0 Å². The van der Waals surface area contributed by atoms with E-state index in [4.69, 9.17) is 0 Å². The third kappa shape index (κ3) is 4.66. The lowest BCUT2D eigenvalue weighted by Gasteiger charge is -2.28. The Balaban J connectivity index is 1.32. The molecule has 1 aromatic heterocycles. The fraction of sp³-hybridized carbons (Fsp3) is 0. The van der Waals surface area contributed by atoms with Crippen molar-refractivity contribution in [1.29, 1.82) is 0 Å². The van der Waals surface area contributed by atoms with Crippen molar-refractivity contribution in [2.24, 2.45) is 0 Å². The number of anilines is 3. The zero-order valence-electron chi connectivity index (χ0n) is 30.1. The summed E-state index contributed by atoms with van der Waals surface area (Å²) in [6.45, 7) is 0. The van der Waals surface area contributed by atoms with Crippen LogP contribution in [0.3, 0.4) is 0 Å². The van der Waals surface area contributed by atoms with Crippen LogP contribution in [-0.2, 0) is 0 Å². The molecule has 2 nitrogen and oxygen atoms in total. The Kier molecular flexibility index (Phi) is 5.85. The summed E-state index contributed by atoms with van der Waals surface area (Å²) in [5, 5.41) is 4.06. The first-order chi connectivity index (χ1) is 25.5. The number of hydrogen-bond acceptors (Lipinski definition) is 1. The first-order valence-electron chi connectivity index (χ1n) is 18.1. The van der Waals surface area contributed by atoms with Gasteiger partial charge in [0.15, 0.2) is 0 Å². The Hall–Kier alpha value is -6.38. The normalized spacial score (nSPS) is 12.5. The summed E-state index contributed by atoms with van der Waals surface area (Å²) in [5.41, 5.74) is 7.77. The molecule has 0 radical (unpaired) electrons. The minimum Gasteiger partial charge on any atom is -0.310 e. The molecule has 0 aliphatic rings. The molecule has 0 amide bonds. The lowest BCUT2D eigenvalue weighted by molar-refractivity contribution is 1.18. The average molecular weight is 617 g/mol. The van der Waals surface area contributed by atoms with Crippen molar-refractivity contribution in [2.45, 2.75) is 0 Å². The van der Waals surface area contributed by atoms with Gasteiger partial charge in [0, 0.05) is 33.4 Å². The van der Waals surface area contributed by atoms with Gasteiger partial charge in [0.2, 0.25) is 0 Å². The van der Waals surface area contributed by atoms with Crippen LogP contribution in [0.5, 0.6) is 0 Å². The molecule has 0 saturated heterocycles. The van der Waals surface area contributed by atoms with E-state index >= 15 is 0 Å². The van der Waals surface area contributed by atoms with E-state index in [1.807, 2.05) is 102 Å². The second-order valence-corrected chi connectivity index (χ2v) is 11.8. The molecule has 9 rings (SSSR count). The van der Waals surface area contributed by atoms with Gasteiger partial charge in [0.1, 0.15) is 0 Å². The van der Waals surface area contributed by atoms with Gasteiger partial charge in [-0.15, -0.1) is 0 Å². The summed E-state index contributed by atoms with van der Waals surface area (Å²) in [6.07, 6.45) is 0. The lowest BCUT2D eigenvalue weighted by Crippen LogP contribution is -2.11. The number of nitrogens with zero attached hydrogens (tertiary/aromatic N) is 2. The van der Waals surface area contributed by atoms with Crippen LogP contribution < -0.4 is 4.90 Å². The summed E-state index contributed by atoms with van der Waals surface area (Å²) in [5.74, 6) is 0. The SMILES string of the molecule is [2H]c1c([2H])c(N(c2ccccc2)c2ccccc2-c2cccc3c2c2ccccc2n3-c2ccccc2)c([2H])c([2H])c1-c1cccc2ccccc12. The molecule has 0 N–H and O–H groups in total. The molecule has 0 atom stereocenters. The number of hydrogen-bond donors (Lipinski definition) is 0. The summed E-state index contributed by atoms with van der Waals surface area (Å²) in [4.78, 5) is 1.89. The highest BCUT2D eigenvalue weighted by Crippen LogP contribution is 2.45. The van der Waals surface area contributed by atoms with E-state index in [9.17, 15) is 5.48 Å². The summed E-state index contributed by atoms with van der Waals surface area (Å²) >= 11 is 0. The predicted molar refractivity (Wildman–Crippen MR) is 204 cm³/mol. The van der Waals surface area contributed by atoms with Crippen LogP contribution in [0.2, 0.25) is 0 Å². The maximum Gasteiger partial charge on any atom is 0.0645 e. The fourth-order valence-corrected chi connectivity index (χ4v) is 6.96. The Morgan fingerprint density at radius 3 is 1.83 bits per heavy atom. The van der Waals surface area contributed by atoms with Crippen molar-refractivity contribution in [3.63, 3.8) is 0 Å². The number of aromatic nitrogens is 1. The second kappa shape index (κ2) is 11.8. The maximum absolute atomic E-state index is 9.54. The van der Waals surface area contributed by atoms with Crippen molar-refractivity contribution < 1.29 is 5.48 Å². The van der Waals surface area contributed by atoms with Gasteiger partial charge in [-0.3, -0.25) is 0 Å². The fourth-order valence-electron chi connectivity index (χ4n) is 6.96. The quantitative estimate of drug-likeness (QED) is 0.180. The molecule has 0 spiro atoms. The number of benzene rings is 8. The van der Waals surface area contributed by atoms with Crippen LogP contribution >= 0.6 is 0 Å². The molecule has 0 unspecified atom stereocenters. The Labute approximate surface area is 286 Å². The number of rotatable bonds is 6. The highest BCUT2D eigenvalue weighted by Gasteiger charge is 2.21. The third-order valence-electron chi connectivity index (χ3n) is 9.06. The molecule has 0 aliphatic carbocycles. The van der Waals surface area contributed by atoms with Crippen molar-refractivity contribution in [3.05, 3.63) is 194 Å². The van der Waals surface area contributed by atoms with Crippen LogP contribution in [0.25, 0.3) is 60.5 Å². The molecule has 48 heavy (non-hydrogen) atoms. The average Bonchev–Trinajstić information content (AvgIpc) is 3.54. The Morgan fingerprint density at radius 1 is 0.417 bits per heavy atom. The predicted octanol–water partition coefficient (Wildman–Crippen LogP) is 12.7. The number of para-hydroxylation sites is 4. The third-order valence-corrected chi connectivity index (χ3v) is 9.06. The van der Waals surface area contributed by atoms with Crippen LogP contribution in [-0.4, -0.2) is 4.57 Å². The highest BCUT2D eigenvalue weighted by atomic mass is 15.1. The smallest absolute Gasteiger partial charge is 0.0645 e. The van der Waals surface area contributed by atoms with Crippen LogP contribution in [0.4, 0.5) is 17.1 Å². The lowest BCUT2D eigenvalue weighted by atomic mass is 9.96. The largest absolute Gasteiger partial charge is 0.310 e. The second-order valence-electron chi connectivity index (χ2n) is 11.8. The van der Waals surface area contributed by atoms with Crippen molar-refractivity contribution in [1.82, 2.24) is 4.57 Å². The van der Waals surface area contributed by atoms with Gasteiger partial charge in [-0.05, 0) is 82.0 Å². The molecule has 226 valence electrons. The van der Waals surface area contributed by atoms with E-state index in [-0.39, 0.29) is 35.4 Å².